The molecule has 0 bridgehead atoms. The summed E-state index contributed by atoms with van der Waals surface area (Å²) in [6.07, 6.45) is 5.14. The van der Waals surface area contributed by atoms with E-state index in [1.165, 1.54) is 36.4 Å². The van der Waals surface area contributed by atoms with Crippen LogP contribution in [0.5, 0.6) is 0 Å². The molecule has 3 rings (SSSR count). The van der Waals surface area contributed by atoms with E-state index in [1.807, 2.05) is 6.07 Å². The highest BCUT2D eigenvalue weighted by Gasteiger charge is 2.65. The Labute approximate surface area is 171 Å². The molecule has 2 aromatic heterocycles. The molecule has 0 aliphatic heterocycles. The Hall–Kier alpha value is -3.60. The van der Waals surface area contributed by atoms with Gasteiger partial charge in [-0.1, -0.05) is 19.4 Å². The molecular formula is C17H12F6N6OS. The number of hydrogen-bond donors (Lipinski definition) is 1. The zero-order valence-electron chi connectivity index (χ0n) is 15.4. The molecule has 1 aromatic carbocycles. The van der Waals surface area contributed by atoms with Gasteiger partial charge in [-0.25, -0.2) is 14.1 Å². The zero-order chi connectivity index (χ0) is 23.1. The van der Waals surface area contributed by atoms with Crippen molar-refractivity contribution in [3.05, 3.63) is 65.6 Å². The number of nitrogens with zero attached hydrogens (tertiary/aromatic N) is 5. The maximum Gasteiger partial charge on any atom is 0.310 e. The molecule has 14 heteroatoms. The number of carbonyl (C=O) groups is 1. The first kappa shape index (κ1) is 22.1. The molecule has 0 saturated heterocycles. The molecule has 164 valence electrons. The molecule has 2 heterocycles. The molecule has 1 amide bonds. The van der Waals surface area contributed by atoms with E-state index in [0.29, 0.717) is 6.07 Å². The first-order valence-corrected chi connectivity index (χ1v) is 10.2. The van der Waals surface area contributed by atoms with Crippen molar-refractivity contribution in [1.82, 2.24) is 25.1 Å². The van der Waals surface area contributed by atoms with Crippen LogP contribution in [0.1, 0.15) is 34.6 Å². The van der Waals surface area contributed by atoms with E-state index in [4.69, 9.17) is 5.26 Å². The fourth-order valence-corrected chi connectivity index (χ4v) is 3.27. The summed E-state index contributed by atoms with van der Waals surface area (Å²) in [7, 11) is -10.2. The third-order valence-electron chi connectivity index (χ3n) is 3.97. The van der Waals surface area contributed by atoms with E-state index in [9.17, 15) is 28.6 Å². The van der Waals surface area contributed by atoms with Crippen molar-refractivity contribution in [2.24, 2.45) is 0 Å². The van der Waals surface area contributed by atoms with Crippen LogP contribution in [0, 0.1) is 17.1 Å². The number of aromatic nitrogens is 4. The minimum atomic E-state index is -10.2. The van der Waals surface area contributed by atoms with Crippen molar-refractivity contribution in [3.63, 3.8) is 0 Å². The van der Waals surface area contributed by atoms with Crippen LogP contribution in [0.25, 0.3) is 5.82 Å². The smallest absolute Gasteiger partial charge is 0.310 e. The van der Waals surface area contributed by atoms with Gasteiger partial charge in [0.2, 0.25) is 0 Å². The second-order valence-corrected chi connectivity index (χ2v) is 8.80. The predicted molar refractivity (Wildman–Crippen MR) is 97.5 cm³/mol. The zero-order valence-corrected chi connectivity index (χ0v) is 16.3. The highest BCUT2D eigenvalue weighted by molar-refractivity contribution is 8.45. The summed E-state index contributed by atoms with van der Waals surface area (Å²) in [5.74, 6) is -2.79. The van der Waals surface area contributed by atoms with Crippen LogP contribution in [0.3, 0.4) is 0 Å². The average molecular weight is 462 g/mol. The number of hydrogen-bond acceptors (Lipinski definition) is 5. The Morgan fingerprint density at radius 3 is 2.45 bits per heavy atom. The standard InChI is InChI=1S/C17H12F6N6OS/c1-10(15-16(26-3-2-25-15)29-9-11(7-24)8-27-29)28-17(30)12-4-13(18)6-14(5-12)31(19,20,21,22)23/h2-6,8-10H,1H3,(H,28,30). The highest BCUT2D eigenvalue weighted by Crippen LogP contribution is 3.02. The molecule has 7 nitrogen and oxygen atoms in total. The summed E-state index contributed by atoms with van der Waals surface area (Å²) >= 11 is 0. The van der Waals surface area contributed by atoms with Crippen LogP contribution in [0.4, 0.5) is 23.8 Å². The molecule has 0 aliphatic carbocycles. The van der Waals surface area contributed by atoms with Gasteiger partial charge in [0.05, 0.1) is 24.0 Å². The molecule has 31 heavy (non-hydrogen) atoms. The number of benzene rings is 1. The Kier molecular flexibility index (Phi) is 4.78. The lowest BCUT2D eigenvalue weighted by molar-refractivity contribution is 0.0938. The van der Waals surface area contributed by atoms with Crippen LogP contribution in [0.2, 0.25) is 0 Å². The first-order valence-electron chi connectivity index (χ1n) is 8.29. The van der Waals surface area contributed by atoms with Gasteiger partial charge in [0, 0.05) is 18.0 Å². The number of carbonyl (C=O) groups excluding carboxylic acids is 1. The summed E-state index contributed by atoms with van der Waals surface area (Å²) in [5.41, 5.74) is -0.643. The molecule has 0 fully saturated rings. The number of nitrogens with one attached hydrogen (secondary N) is 1. The van der Waals surface area contributed by atoms with Gasteiger partial charge in [-0.3, -0.25) is 9.78 Å². The van der Waals surface area contributed by atoms with Gasteiger partial charge < -0.3 is 5.32 Å². The monoisotopic (exact) mass is 462 g/mol. The Morgan fingerprint density at radius 2 is 1.84 bits per heavy atom. The molecular weight excluding hydrogens is 450 g/mol. The van der Waals surface area contributed by atoms with Crippen molar-refractivity contribution < 1.29 is 28.6 Å². The Bertz CT molecular complexity index is 1220. The molecule has 0 saturated carbocycles. The van der Waals surface area contributed by atoms with Gasteiger partial charge in [0.25, 0.3) is 5.91 Å². The van der Waals surface area contributed by atoms with Crippen LogP contribution in [-0.4, -0.2) is 25.7 Å². The van der Waals surface area contributed by atoms with Crippen LogP contribution >= 0.6 is 10.2 Å². The Balaban J connectivity index is 1.93. The van der Waals surface area contributed by atoms with Crippen molar-refractivity contribution in [1.29, 1.82) is 5.26 Å². The summed E-state index contributed by atoms with van der Waals surface area (Å²) in [6.45, 7) is 1.39. The van der Waals surface area contributed by atoms with Crippen molar-refractivity contribution in [2.75, 3.05) is 0 Å². The average Bonchev–Trinajstić information content (AvgIpc) is 3.15. The fourth-order valence-electron chi connectivity index (χ4n) is 2.58. The number of amides is 1. The van der Waals surface area contributed by atoms with E-state index in [0.717, 1.165) is 0 Å². The van der Waals surface area contributed by atoms with Gasteiger partial charge in [-0.2, -0.15) is 10.4 Å². The second-order valence-electron chi connectivity index (χ2n) is 6.39. The number of halogens is 6. The lowest BCUT2D eigenvalue weighted by atomic mass is 10.1. The van der Waals surface area contributed by atoms with Gasteiger partial charge >= 0.3 is 10.2 Å². The lowest BCUT2D eigenvalue weighted by Gasteiger charge is -2.40. The van der Waals surface area contributed by atoms with Crippen LogP contribution < -0.4 is 5.32 Å². The predicted octanol–water partition coefficient (Wildman–Crippen LogP) is 4.82. The van der Waals surface area contributed by atoms with E-state index < -0.39 is 38.4 Å². The minimum absolute atomic E-state index is 0.101. The number of rotatable bonds is 5. The molecule has 1 N–H and O–H groups in total. The highest BCUT2D eigenvalue weighted by atomic mass is 32.5. The largest absolute Gasteiger partial charge is 0.344 e. The van der Waals surface area contributed by atoms with Gasteiger partial charge in [0.15, 0.2) is 5.82 Å². The van der Waals surface area contributed by atoms with Crippen molar-refractivity contribution in [3.8, 4) is 11.9 Å². The van der Waals surface area contributed by atoms with Crippen molar-refractivity contribution >= 4 is 16.1 Å². The first-order chi connectivity index (χ1) is 14.2. The van der Waals surface area contributed by atoms with Gasteiger partial charge in [-0.15, -0.1) is 0 Å². The van der Waals surface area contributed by atoms with Crippen LogP contribution in [-0.2, 0) is 0 Å². The molecule has 3 aromatic rings. The van der Waals surface area contributed by atoms with Gasteiger partial charge in [0.1, 0.15) is 22.5 Å². The third kappa shape index (κ3) is 4.94. The maximum atomic E-state index is 13.6. The van der Waals surface area contributed by atoms with E-state index in [1.54, 1.807) is 0 Å². The van der Waals surface area contributed by atoms with Crippen molar-refractivity contribution in [2.45, 2.75) is 17.9 Å². The molecule has 0 aliphatic rings. The summed E-state index contributed by atoms with van der Waals surface area (Å²) < 4.78 is 79.9. The molecule has 1 atom stereocenters. The topological polar surface area (TPSA) is 96.5 Å². The van der Waals surface area contributed by atoms with E-state index >= 15 is 0 Å². The quantitative estimate of drug-likeness (QED) is 0.549. The maximum absolute atomic E-state index is 13.6. The fraction of sp³-hybridized carbons (Fsp3) is 0.118. The minimum Gasteiger partial charge on any atom is -0.344 e. The summed E-state index contributed by atoms with van der Waals surface area (Å²) in [4.78, 5) is 18.0. The molecule has 1 unspecified atom stereocenters. The normalized spacial score (nSPS) is 14.8. The molecule has 0 radical (unpaired) electrons. The molecule has 0 spiro atoms. The second kappa shape index (κ2) is 6.71. The van der Waals surface area contributed by atoms with E-state index in [-0.39, 0.29) is 29.2 Å². The summed E-state index contributed by atoms with van der Waals surface area (Å²) in [6, 6.07) is 0.779. The number of nitriles is 1. The SMILES string of the molecule is CC(NC(=O)c1cc(F)cc(S(F)(F)(F)(F)F)c1)c1nccnc1-n1cc(C#N)cn1. The lowest BCUT2D eigenvalue weighted by Crippen LogP contribution is -2.28. The third-order valence-corrected chi connectivity index (χ3v) is 5.10. The van der Waals surface area contributed by atoms with Crippen LogP contribution in [0.15, 0.2) is 47.9 Å². The summed E-state index contributed by atoms with van der Waals surface area (Å²) in [5, 5.41) is 15.1. The Morgan fingerprint density at radius 1 is 1.16 bits per heavy atom. The van der Waals surface area contributed by atoms with E-state index in [2.05, 4.69) is 20.4 Å². The van der Waals surface area contributed by atoms with Gasteiger partial charge in [-0.05, 0) is 25.1 Å².